The minimum Gasteiger partial charge on any atom is -0.454 e. The summed E-state index contributed by atoms with van der Waals surface area (Å²) in [4.78, 5) is 35.4. The molecule has 0 aliphatic rings. The van der Waals surface area contributed by atoms with Crippen LogP contribution in [0.5, 0.6) is 11.5 Å². The first-order valence-electron chi connectivity index (χ1n) is 9.94. The first-order valence-corrected chi connectivity index (χ1v) is 11.1. The number of ether oxygens (including phenoxy) is 1. The lowest BCUT2D eigenvalue weighted by molar-refractivity contribution is -0.383. The first kappa shape index (κ1) is 24.3. The van der Waals surface area contributed by atoms with Crippen molar-refractivity contribution in [1.29, 1.82) is 0 Å². The van der Waals surface area contributed by atoms with Gasteiger partial charge in [-0.15, -0.1) is 0 Å². The lowest BCUT2D eigenvalue weighted by atomic mass is 10.1. The second kappa shape index (κ2) is 10.2. The number of amides is 3. The molecule has 0 radical (unpaired) electrons. The van der Waals surface area contributed by atoms with Crippen LogP contribution in [0.2, 0.25) is 15.1 Å². The monoisotopic (exact) mass is 529 g/mol. The van der Waals surface area contributed by atoms with Crippen molar-refractivity contribution >= 4 is 68.9 Å². The minimum absolute atomic E-state index is 0.0627. The summed E-state index contributed by atoms with van der Waals surface area (Å²) in [7, 11) is 0. The number of halogens is 3. The molecule has 2 N–H and O–H groups in total. The average Bonchev–Trinajstić information content (AvgIpc) is 2.81. The highest BCUT2D eigenvalue weighted by Crippen LogP contribution is 2.42. The van der Waals surface area contributed by atoms with Gasteiger partial charge in [-0.25, -0.2) is 4.79 Å². The van der Waals surface area contributed by atoms with Gasteiger partial charge >= 0.3 is 6.03 Å². The zero-order valence-electron chi connectivity index (χ0n) is 17.6. The van der Waals surface area contributed by atoms with Crippen LogP contribution in [-0.2, 0) is 0 Å². The van der Waals surface area contributed by atoms with Gasteiger partial charge in [-0.1, -0.05) is 65.1 Å². The van der Waals surface area contributed by atoms with E-state index in [1.54, 1.807) is 36.4 Å². The second-order valence-corrected chi connectivity index (χ2v) is 8.37. The van der Waals surface area contributed by atoms with Gasteiger partial charge in [0, 0.05) is 17.1 Å². The Morgan fingerprint density at radius 1 is 0.829 bits per heavy atom. The molecule has 4 aromatic rings. The number of non-ortho nitro benzene ring substituents is 1. The molecule has 0 atom stereocenters. The highest BCUT2D eigenvalue weighted by Gasteiger charge is 2.19. The number of nitro groups is 1. The molecule has 11 heteroatoms. The molecule has 4 rings (SSSR count). The van der Waals surface area contributed by atoms with Crippen molar-refractivity contribution in [2.24, 2.45) is 0 Å². The standard InChI is InChI=1S/C24H14Cl3N3O5/c25-17-8-4-3-7-16(17)23(31)29-24(32)28-13-11-18(26)22(19(27)12-13)35-21-10-9-20(30(33)34)14-5-1-2-6-15(14)21/h1-12H,(H2,28,29,31,32). The summed E-state index contributed by atoms with van der Waals surface area (Å²) in [5.74, 6) is -0.292. The molecule has 0 unspecified atom stereocenters. The number of imide groups is 1. The van der Waals surface area contributed by atoms with E-state index in [1.165, 1.54) is 36.4 Å². The fourth-order valence-corrected chi connectivity index (χ4v) is 4.11. The number of rotatable bonds is 5. The normalized spacial score (nSPS) is 10.6. The summed E-state index contributed by atoms with van der Waals surface area (Å²) < 4.78 is 5.90. The number of anilines is 1. The van der Waals surface area contributed by atoms with Crippen molar-refractivity contribution in [2.75, 3.05) is 5.32 Å². The van der Waals surface area contributed by atoms with E-state index in [1.807, 2.05) is 0 Å². The molecule has 0 heterocycles. The van der Waals surface area contributed by atoms with E-state index in [0.717, 1.165) is 0 Å². The van der Waals surface area contributed by atoms with Crippen molar-refractivity contribution < 1.29 is 19.2 Å². The second-order valence-electron chi connectivity index (χ2n) is 7.14. The van der Waals surface area contributed by atoms with Crippen LogP contribution in [0.3, 0.4) is 0 Å². The maximum atomic E-state index is 12.3. The number of nitro benzene ring substituents is 1. The summed E-state index contributed by atoms with van der Waals surface area (Å²) in [5.41, 5.74) is 0.270. The molecule has 0 aliphatic carbocycles. The largest absolute Gasteiger partial charge is 0.454 e. The van der Waals surface area contributed by atoms with Crippen LogP contribution in [0.15, 0.2) is 72.8 Å². The third-order valence-electron chi connectivity index (χ3n) is 4.87. The van der Waals surface area contributed by atoms with Crippen molar-refractivity contribution in [1.82, 2.24) is 5.32 Å². The Morgan fingerprint density at radius 2 is 1.46 bits per heavy atom. The van der Waals surface area contributed by atoms with Gasteiger partial charge in [0.25, 0.3) is 11.6 Å². The predicted molar refractivity (Wildman–Crippen MR) is 135 cm³/mol. The number of carbonyl (C=O) groups is 2. The molecule has 0 saturated heterocycles. The number of fused-ring (bicyclic) bond motifs is 1. The molecule has 0 bridgehead atoms. The summed E-state index contributed by atoms with van der Waals surface area (Å²) in [6.45, 7) is 0. The van der Waals surface area contributed by atoms with Gasteiger partial charge in [0.2, 0.25) is 0 Å². The zero-order valence-corrected chi connectivity index (χ0v) is 19.8. The highest BCUT2D eigenvalue weighted by atomic mass is 35.5. The number of urea groups is 1. The molecule has 35 heavy (non-hydrogen) atoms. The average molecular weight is 531 g/mol. The van der Waals surface area contributed by atoms with E-state index in [-0.39, 0.29) is 37.8 Å². The van der Waals surface area contributed by atoms with Gasteiger partial charge in [-0.2, -0.15) is 0 Å². The third kappa shape index (κ3) is 5.30. The molecular weight excluding hydrogens is 517 g/mol. The van der Waals surface area contributed by atoms with Crippen LogP contribution < -0.4 is 15.4 Å². The van der Waals surface area contributed by atoms with Crippen LogP contribution in [0.25, 0.3) is 10.8 Å². The number of hydrogen-bond donors (Lipinski definition) is 2. The van der Waals surface area contributed by atoms with Gasteiger partial charge in [-0.3, -0.25) is 20.2 Å². The van der Waals surface area contributed by atoms with E-state index in [9.17, 15) is 19.7 Å². The molecule has 8 nitrogen and oxygen atoms in total. The van der Waals surface area contributed by atoms with Crippen LogP contribution in [0.1, 0.15) is 10.4 Å². The van der Waals surface area contributed by atoms with E-state index < -0.39 is 16.9 Å². The Balaban J connectivity index is 1.54. The molecule has 4 aromatic carbocycles. The third-order valence-corrected chi connectivity index (χ3v) is 5.76. The first-order chi connectivity index (χ1) is 16.7. The lowest BCUT2D eigenvalue weighted by Gasteiger charge is -2.14. The van der Waals surface area contributed by atoms with E-state index in [0.29, 0.717) is 16.5 Å². The van der Waals surface area contributed by atoms with Crippen molar-refractivity contribution in [3.8, 4) is 11.5 Å². The Kier molecular flexibility index (Phi) is 7.07. The molecule has 0 spiro atoms. The van der Waals surface area contributed by atoms with Gasteiger partial charge in [0.05, 0.1) is 30.9 Å². The SMILES string of the molecule is O=C(NC(=O)c1ccccc1Cl)Nc1cc(Cl)c(Oc2ccc([N+](=O)[O-])c3ccccc23)c(Cl)c1. The number of nitrogens with zero attached hydrogens (tertiary/aromatic N) is 1. The maximum Gasteiger partial charge on any atom is 0.326 e. The maximum absolute atomic E-state index is 12.3. The summed E-state index contributed by atoms with van der Waals surface area (Å²) in [6, 6.07) is 17.7. The smallest absolute Gasteiger partial charge is 0.326 e. The number of nitrogens with one attached hydrogen (secondary N) is 2. The van der Waals surface area contributed by atoms with E-state index in [4.69, 9.17) is 39.5 Å². The van der Waals surface area contributed by atoms with Crippen LogP contribution in [0.4, 0.5) is 16.2 Å². The predicted octanol–water partition coefficient (Wildman–Crippen LogP) is 7.46. The fourth-order valence-electron chi connectivity index (χ4n) is 3.32. The van der Waals surface area contributed by atoms with Gasteiger partial charge in [0.1, 0.15) is 5.75 Å². The van der Waals surface area contributed by atoms with Crippen molar-refractivity contribution in [2.45, 2.75) is 0 Å². The van der Waals surface area contributed by atoms with E-state index in [2.05, 4.69) is 10.6 Å². The van der Waals surface area contributed by atoms with Gasteiger partial charge < -0.3 is 10.1 Å². The Hall–Kier alpha value is -3.85. The van der Waals surface area contributed by atoms with Crippen LogP contribution >= 0.6 is 34.8 Å². The zero-order chi connectivity index (χ0) is 25.1. The van der Waals surface area contributed by atoms with Crippen molar-refractivity contribution in [3.63, 3.8) is 0 Å². The Bertz CT molecular complexity index is 1470. The molecule has 0 saturated carbocycles. The van der Waals surface area contributed by atoms with Gasteiger partial charge in [-0.05, 0) is 36.4 Å². The Morgan fingerprint density at radius 3 is 2.11 bits per heavy atom. The number of benzene rings is 4. The molecule has 3 amide bonds. The number of hydrogen-bond acceptors (Lipinski definition) is 5. The van der Waals surface area contributed by atoms with Gasteiger partial charge in [0.15, 0.2) is 5.75 Å². The summed E-state index contributed by atoms with van der Waals surface area (Å²) >= 11 is 18.7. The Labute approximate surface area is 213 Å². The molecular formula is C24H14Cl3N3O5. The summed E-state index contributed by atoms with van der Waals surface area (Å²) in [5, 5.41) is 17.2. The van der Waals surface area contributed by atoms with Crippen LogP contribution in [-0.4, -0.2) is 16.9 Å². The van der Waals surface area contributed by atoms with Crippen LogP contribution in [0, 0.1) is 10.1 Å². The molecule has 176 valence electrons. The lowest BCUT2D eigenvalue weighted by Crippen LogP contribution is -2.34. The number of carbonyl (C=O) groups excluding carboxylic acids is 2. The fraction of sp³-hybridized carbons (Fsp3) is 0. The topological polar surface area (TPSA) is 111 Å². The minimum atomic E-state index is -0.822. The summed E-state index contributed by atoms with van der Waals surface area (Å²) in [6.07, 6.45) is 0. The molecule has 0 aromatic heterocycles. The highest BCUT2D eigenvalue weighted by molar-refractivity contribution is 6.38. The molecule has 0 fully saturated rings. The van der Waals surface area contributed by atoms with Crippen molar-refractivity contribution in [3.05, 3.63) is 104 Å². The molecule has 0 aliphatic heterocycles. The quantitative estimate of drug-likeness (QED) is 0.205. The van der Waals surface area contributed by atoms with E-state index >= 15 is 0 Å².